The second-order valence-corrected chi connectivity index (χ2v) is 8.50. The predicted octanol–water partition coefficient (Wildman–Crippen LogP) is 3.15. The number of piperidine rings is 1. The number of anilines is 1. The van der Waals surface area contributed by atoms with Crippen molar-refractivity contribution in [2.75, 3.05) is 31.6 Å². The third-order valence-electron chi connectivity index (χ3n) is 5.16. The summed E-state index contributed by atoms with van der Waals surface area (Å²) in [5.41, 5.74) is 3.36. The SMILES string of the molecule is CCOC(=O)c1c(-c2ccc(C)cc2)csc1NC(=O)C[NH+]1CCCC(C)C1. The highest BCUT2D eigenvalue weighted by atomic mass is 32.1. The molecule has 1 saturated heterocycles. The summed E-state index contributed by atoms with van der Waals surface area (Å²) in [6.07, 6.45) is 2.40. The van der Waals surface area contributed by atoms with Crippen LogP contribution in [0, 0.1) is 12.8 Å². The van der Waals surface area contributed by atoms with Gasteiger partial charge in [-0.3, -0.25) is 4.79 Å². The highest BCUT2D eigenvalue weighted by molar-refractivity contribution is 7.15. The van der Waals surface area contributed by atoms with Gasteiger partial charge in [-0.25, -0.2) is 4.79 Å². The fourth-order valence-corrected chi connectivity index (χ4v) is 4.73. The number of carbonyl (C=O) groups excluding carboxylic acids is 2. The molecular weight excluding hydrogens is 372 g/mol. The second kappa shape index (κ2) is 9.34. The maximum atomic E-state index is 12.6. The monoisotopic (exact) mass is 401 g/mol. The van der Waals surface area contributed by atoms with Crippen LogP contribution in [0.15, 0.2) is 29.6 Å². The summed E-state index contributed by atoms with van der Waals surface area (Å²) in [5, 5.41) is 5.46. The molecule has 0 spiro atoms. The summed E-state index contributed by atoms with van der Waals surface area (Å²) in [6, 6.07) is 8.01. The molecule has 2 heterocycles. The normalized spacial score (nSPS) is 19.2. The van der Waals surface area contributed by atoms with Crippen LogP contribution in [0.25, 0.3) is 11.1 Å². The summed E-state index contributed by atoms with van der Waals surface area (Å²) in [5.74, 6) is 0.210. The van der Waals surface area contributed by atoms with Crippen LogP contribution in [0.5, 0.6) is 0 Å². The van der Waals surface area contributed by atoms with Gasteiger partial charge >= 0.3 is 5.97 Å². The van der Waals surface area contributed by atoms with E-state index in [1.54, 1.807) is 6.92 Å². The molecule has 0 bridgehead atoms. The number of amides is 1. The quantitative estimate of drug-likeness (QED) is 0.731. The topological polar surface area (TPSA) is 59.8 Å². The fourth-order valence-electron chi connectivity index (χ4n) is 3.76. The lowest BCUT2D eigenvalue weighted by Crippen LogP contribution is -3.14. The molecule has 1 amide bonds. The molecule has 1 aromatic heterocycles. The largest absolute Gasteiger partial charge is 0.462 e. The van der Waals surface area contributed by atoms with E-state index in [2.05, 4.69) is 12.2 Å². The van der Waals surface area contributed by atoms with Gasteiger partial charge in [-0.1, -0.05) is 36.8 Å². The number of aryl methyl sites for hydroxylation is 1. The molecule has 5 nitrogen and oxygen atoms in total. The smallest absolute Gasteiger partial charge is 0.341 e. The first kappa shape index (κ1) is 20.6. The number of nitrogens with one attached hydrogen (secondary N) is 2. The van der Waals surface area contributed by atoms with Crippen molar-refractivity contribution in [1.29, 1.82) is 0 Å². The molecule has 1 aliphatic rings. The minimum atomic E-state index is -0.395. The summed E-state index contributed by atoms with van der Waals surface area (Å²) >= 11 is 1.38. The van der Waals surface area contributed by atoms with Crippen LogP contribution in [-0.4, -0.2) is 38.1 Å². The van der Waals surface area contributed by atoms with Crippen LogP contribution in [0.2, 0.25) is 0 Å². The Balaban J connectivity index is 1.80. The first-order valence-corrected chi connectivity index (χ1v) is 10.8. The van der Waals surface area contributed by atoms with E-state index in [0.29, 0.717) is 29.6 Å². The van der Waals surface area contributed by atoms with Crippen LogP contribution >= 0.6 is 11.3 Å². The molecule has 6 heteroatoms. The lowest BCUT2D eigenvalue weighted by atomic mass is 10.0. The minimum absolute atomic E-state index is 0.0491. The van der Waals surface area contributed by atoms with Gasteiger partial charge in [-0.2, -0.15) is 0 Å². The zero-order chi connectivity index (χ0) is 20.1. The van der Waals surface area contributed by atoms with Gasteiger partial charge in [-0.05, 0) is 32.3 Å². The van der Waals surface area contributed by atoms with Crippen molar-refractivity contribution in [2.45, 2.75) is 33.6 Å². The summed E-state index contributed by atoms with van der Waals surface area (Å²) in [6.45, 7) is 8.84. The summed E-state index contributed by atoms with van der Waals surface area (Å²) in [7, 11) is 0. The number of ether oxygens (including phenoxy) is 1. The summed E-state index contributed by atoms with van der Waals surface area (Å²) < 4.78 is 5.27. The van der Waals surface area contributed by atoms with Gasteiger partial charge in [0.15, 0.2) is 6.54 Å². The molecule has 2 atom stereocenters. The number of thiophene rings is 1. The van der Waals surface area contributed by atoms with Crippen molar-refractivity contribution in [3.05, 3.63) is 40.8 Å². The number of hydrogen-bond donors (Lipinski definition) is 2. The first-order chi connectivity index (χ1) is 13.5. The first-order valence-electron chi connectivity index (χ1n) is 9.97. The van der Waals surface area contributed by atoms with Gasteiger partial charge in [-0.15, -0.1) is 11.3 Å². The Bertz CT molecular complexity index is 829. The number of hydrogen-bond acceptors (Lipinski definition) is 4. The Labute approximate surface area is 170 Å². The summed E-state index contributed by atoms with van der Waals surface area (Å²) in [4.78, 5) is 26.6. The van der Waals surface area contributed by atoms with Crippen molar-refractivity contribution in [3.8, 4) is 11.1 Å². The van der Waals surface area contributed by atoms with Gasteiger partial charge in [0.05, 0.1) is 19.7 Å². The minimum Gasteiger partial charge on any atom is -0.462 e. The Kier molecular flexibility index (Phi) is 6.86. The van der Waals surface area contributed by atoms with Crippen LogP contribution in [-0.2, 0) is 9.53 Å². The molecule has 0 aliphatic carbocycles. The molecule has 28 heavy (non-hydrogen) atoms. The number of likely N-dealkylation sites (tertiary alicyclic amines) is 1. The lowest BCUT2D eigenvalue weighted by Gasteiger charge is -2.27. The van der Waals surface area contributed by atoms with Crippen molar-refractivity contribution in [2.24, 2.45) is 5.92 Å². The highest BCUT2D eigenvalue weighted by Crippen LogP contribution is 2.36. The van der Waals surface area contributed by atoms with E-state index in [1.165, 1.54) is 22.7 Å². The number of rotatable bonds is 6. The van der Waals surface area contributed by atoms with Gasteiger partial charge in [0.2, 0.25) is 0 Å². The van der Waals surface area contributed by atoms with Crippen molar-refractivity contribution < 1.29 is 19.2 Å². The lowest BCUT2D eigenvalue weighted by molar-refractivity contribution is -0.900. The van der Waals surface area contributed by atoms with E-state index >= 15 is 0 Å². The molecule has 2 unspecified atom stereocenters. The zero-order valence-corrected chi connectivity index (χ0v) is 17.7. The third kappa shape index (κ3) is 5.00. The fraction of sp³-hybridized carbons (Fsp3) is 0.455. The maximum Gasteiger partial charge on any atom is 0.341 e. The van der Waals surface area contributed by atoms with Crippen molar-refractivity contribution in [3.63, 3.8) is 0 Å². The number of carbonyl (C=O) groups is 2. The van der Waals surface area contributed by atoms with E-state index in [0.717, 1.165) is 36.2 Å². The molecule has 1 aromatic carbocycles. The average molecular weight is 402 g/mol. The Hall–Kier alpha value is -2.18. The molecule has 150 valence electrons. The van der Waals surface area contributed by atoms with Crippen LogP contribution in [0.1, 0.15) is 42.6 Å². The third-order valence-corrected chi connectivity index (χ3v) is 6.06. The van der Waals surface area contributed by atoms with Gasteiger partial charge in [0.25, 0.3) is 5.91 Å². The molecular formula is C22H29N2O3S+. The molecule has 1 fully saturated rings. The van der Waals surface area contributed by atoms with Gasteiger partial charge in [0, 0.05) is 16.9 Å². The van der Waals surface area contributed by atoms with Crippen LogP contribution in [0.3, 0.4) is 0 Å². The van der Waals surface area contributed by atoms with Crippen molar-refractivity contribution >= 4 is 28.2 Å². The van der Waals surface area contributed by atoms with E-state index in [-0.39, 0.29) is 5.91 Å². The average Bonchev–Trinajstić information content (AvgIpc) is 3.06. The molecule has 0 radical (unpaired) electrons. The molecule has 3 rings (SSSR count). The molecule has 2 N–H and O–H groups in total. The molecule has 2 aromatic rings. The highest BCUT2D eigenvalue weighted by Gasteiger charge is 2.25. The Morgan fingerprint density at radius 1 is 1.29 bits per heavy atom. The second-order valence-electron chi connectivity index (χ2n) is 7.62. The van der Waals surface area contributed by atoms with E-state index in [4.69, 9.17) is 4.74 Å². The molecule has 0 saturated carbocycles. The number of esters is 1. The Morgan fingerprint density at radius 3 is 2.71 bits per heavy atom. The standard InChI is InChI=1S/C22H28N2O3S/c1-4-27-22(26)20-18(17-9-7-15(2)8-10-17)14-28-21(20)23-19(25)13-24-11-5-6-16(3)12-24/h7-10,14,16H,4-6,11-13H2,1-3H3,(H,23,25)/p+1. The van der Waals surface area contributed by atoms with E-state index < -0.39 is 5.97 Å². The number of quaternary nitrogens is 1. The zero-order valence-electron chi connectivity index (χ0n) is 16.8. The predicted molar refractivity (Wildman–Crippen MR) is 113 cm³/mol. The maximum absolute atomic E-state index is 12.6. The van der Waals surface area contributed by atoms with Gasteiger partial charge < -0.3 is 15.0 Å². The Morgan fingerprint density at radius 2 is 2.04 bits per heavy atom. The van der Waals surface area contributed by atoms with Gasteiger partial charge in [0.1, 0.15) is 10.6 Å². The van der Waals surface area contributed by atoms with Crippen LogP contribution in [0.4, 0.5) is 5.00 Å². The molecule has 1 aliphatic heterocycles. The van der Waals surface area contributed by atoms with Crippen LogP contribution < -0.4 is 10.2 Å². The van der Waals surface area contributed by atoms with E-state index in [9.17, 15) is 9.59 Å². The van der Waals surface area contributed by atoms with E-state index in [1.807, 2.05) is 36.6 Å². The van der Waals surface area contributed by atoms with Crippen molar-refractivity contribution in [1.82, 2.24) is 0 Å². The number of benzene rings is 1.